The Kier molecular flexibility index (Phi) is 2.96. The molecule has 3 heterocycles. The molecule has 1 N–H and O–H groups in total. The van der Waals surface area contributed by atoms with Crippen molar-refractivity contribution in [3.63, 3.8) is 0 Å². The Hall–Kier alpha value is -2.21. The summed E-state index contributed by atoms with van der Waals surface area (Å²) in [6.07, 6.45) is 5.47. The van der Waals surface area contributed by atoms with E-state index in [2.05, 4.69) is 15.0 Å². The molecule has 1 unspecified atom stereocenters. The Morgan fingerprint density at radius 1 is 1.38 bits per heavy atom. The molecular weight excluding hydrogens is 284 g/mol. The summed E-state index contributed by atoms with van der Waals surface area (Å²) in [4.78, 5) is 26.3. The molecule has 1 aromatic carbocycles. The third-order valence-corrected chi connectivity index (χ3v) is 4.79. The Morgan fingerprint density at radius 3 is 3.19 bits per heavy atom. The Morgan fingerprint density at radius 2 is 2.33 bits per heavy atom. The lowest BCUT2D eigenvalue weighted by molar-refractivity contribution is 0.0735. The third kappa shape index (κ3) is 2.12. The Bertz CT molecular complexity index is 780. The van der Waals surface area contributed by atoms with Crippen molar-refractivity contribution in [2.45, 2.75) is 18.9 Å². The maximum atomic E-state index is 12.8. The maximum absolute atomic E-state index is 12.8. The number of nitrogens with one attached hydrogen (secondary N) is 1. The van der Waals surface area contributed by atoms with Gasteiger partial charge in [0.05, 0.1) is 23.4 Å². The lowest BCUT2D eigenvalue weighted by Gasteiger charge is -2.23. The second kappa shape index (κ2) is 4.96. The van der Waals surface area contributed by atoms with Crippen molar-refractivity contribution >= 4 is 28.3 Å². The highest BCUT2D eigenvalue weighted by molar-refractivity contribution is 7.09. The first-order valence-electron chi connectivity index (χ1n) is 6.96. The van der Waals surface area contributed by atoms with Crippen LogP contribution >= 0.6 is 11.3 Å². The van der Waals surface area contributed by atoms with Gasteiger partial charge in [-0.05, 0) is 31.0 Å². The van der Waals surface area contributed by atoms with Crippen LogP contribution < -0.4 is 0 Å². The second-order valence-electron chi connectivity index (χ2n) is 5.16. The SMILES string of the molecule is O=C(c1ccc2nc[nH]c2c1)N1CCCC1c1nccs1. The van der Waals surface area contributed by atoms with E-state index < -0.39 is 0 Å². The number of aromatic nitrogens is 3. The van der Waals surface area contributed by atoms with Crippen molar-refractivity contribution in [1.29, 1.82) is 0 Å². The van der Waals surface area contributed by atoms with Crippen LogP contribution in [-0.2, 0) is 0 Å². The number of likely N-dealkylation sites (tertiary alicyclic amines) is 1. The number of fused-ring (bicyclic) bond motifs is 1. The van der Waals surface area contributed by atoms with Gasteiger partial charge in [-0.2, -0.15) is 0 Å². The molecule has 1 amide bonds. The van der Waals surface area contributed by atoms with Gasteiger partial charge in [0.15, 0.2) is 0 Å². The zero-order chi connectivity index (χ0) is 14.2. The van der Waals surface area contributed by atoms with Gasteiger partial charge in [0, 0.05) is 23.7 Å². The number of benzene rings is 1. The van der Waals surface area contributed by atoms with Crippen LogP contribution in [0, 0.1) is 0 Å². The molecule has 0 bridgehead atoms. The number of hydrogen-bond acceptors (Lipinski definition) is 4. The normalized spacial score (nSPS) is 18.5. The number of carbonyl (C=O) groups is 1. The molecular formula is C15H14N4OS. The fourth-order valence-electron chi connectivity index (χ4n) is 2.90. The fraction of sp³-hybridized carbons (Fsp3) is 0.267. The van der Waals surface area contributed by atoms with E-state index in [-0.39, 0.29) is 11.9 Å². The number of hydrogen-bond donors (Lipinski definition) is 1. The number of carbonyl (C=O) groups excluding carboxylic acids is 1. The second-order valence-corrected chi connectivity index (χ2v) is 6.09. The van der Waals surface area contributed by atoms with Gasteiger partial charge >= 0.3 is 0 Å². The van der Waals surface area contributed by atoms with Crippen LogP contribution in [0.25, 0.3) is 11.0 Å². The van der Waals surface area contributed by atoms with Crippen LogP contribution in [0.1, 0.15) is 34.2 Å². The van der Waals surface area contributed by atoms with Crippen LogP contribution in [0.3, 0.4) is 0 Å². The predicted octanol–water partition coefficient (Wildman–Crippen LogP) is 3.00. The highest BCUT2D eigenvalue weighted by Gasteiger charge is 2.32. The van der Waals surface area contributed by atoms with E-state index in [0.717, 1.165) is 35.4 Å². The van der Waals surface area contributed by atoms with Crippen molar-refractivity contribution in [2.75, 3.05) is 6.54 Å². The molecule has 6 heteroatoms. The molecule has 1 saturated heterocycles. The van der Waals surface area contributed by atoms with Crippen LogP contribution in [0.2, 0.25) is 0 Å². The summed E-state index contributed by atoms with van der Waals surface area (Å²) in [5, 5.41) is 3.00. The van der Waals surface area contributed by atoms with Gasteiger partial charge in [-0.25, -0.2) is 9.97 Å². The third-order valence-electron chi connectivity index (χ3n) is 3.92. The molecule has 1 aliphatic rings. The quantitative estimate of drug-likeness (QED) is 0.791. The van der Waals surface area contributed by atoms with Gasteiger partial charge in [0.2, 0.25) is 0 Å². The number of aromatic amines is 1. The predicted molar refractivity (Wildman–Crippen MR) is 81.2 cm³/mol. The summed E-state index contributed by atoms with van der Waals surface area (Å²) in [5.41, 5.74) is 2.48. The van der Waals surface area contributed by atoms with Gasteiger partial charge in [0.25, 0.3) is 5.91 Å². The van der Waals surface area contributed by atoms with E-state index >= 15 is 0 Å². The van der Waals surface area contributed by atoms with E-state index in [1.54, 1.807) is 23.9 Å². The van der Waals surface area contributed by atoms with Gasteiger partial charge in [-0.1, -0.05) is 0 Å². The minimum atomic E-state index is 0.0733. The molecule has 5 nitrogen and oxygen atoms in total. The molecule has 106 valence electrons. The van der Waals surface area contributed by atoms with Crippen LogP contribution in [0.4, 0.5) is 0 Å². The van der Waals surface area contributed by atoms with Crippen LogP contribution in [-0.4, -0.2) is 32.3 Å². The van der Waals surface area contributed by atoms with E-state index in [0.29, 0.717) is 5.56 Å². The average Bonchev–Trinajstić information content (AvgIpc) is 3.24. The first kappa shape index (κ1) is 12.5. The summed E-state index contributed by atoms with van der Waals surface area (Å²) in [6.45, 7) is 0.796. The summed E-state index contributed by atoms with van der Waals surface area (Å²) < 4.78 is 0. The topological polar surface area (TPSA) is 61.9 Å². The fourth-order valence-corrected chi connectivity index (χ4v) is 3.69. The van der Waals surface area contributed by atoms with Gasteiger partial charge in [-0.3, -0.25) is 4.79 Å². The molecule has 2 aromatic heterocycles. The molecule has 0 saturated carbocycles. The van der Waals surface area contributed by atoms with Crippen molar-refractivity contribution in [3.05, 3.63) is 46.7 Å². The molecule has 1 atom stereocenters. The summed E-state index contributed by atoms with van der Waals surface area (Å²) in [5.74, 6) is 0.0733. The van der Waals surface area contributed by atoms with Crippen molar-refractivity contribution in [2.24, 2.45) is 0 Å². The van der Waals surface area contributed by atoms with E-state index in [1.165, 1.54) is 0 Å². The minimum Gasteiger partial charge on any atom is -0.345 e. The zero-order valence-electron chi connectivity index (χ0n) is 11.3. The smallest absolute Gasteiger partial charge is 0.254 e. The van der Waals surface area contributed by atoms with Crippen molar-refractivity contribution in [3.8, 4) is 0 Å². The molecule has 0 spiro atoms. The maximum Gasteiger partial charge on any atom is 0.254 e. The van der Waals surface area contributed by atoms with Gasteiger partial charge in [0.1, 0.15) is 5.01 Å². The number of rotatable bonds is 2. The monoisotopic (exact) mass is 298 g/mol. The Balaban J connectivity index is 1.66. The molecule has 3 aromatic rings. The lowest BCUT2D eigenvalue weighted by atomic mass is 10.1. The summed E-state index contributed by atoms with van der Waals surface area (Å²) >= 11 is 1.62. The largest absolute Gasteiger partial charge is 0.345 e. The van der Waals surface area contributed by atoms with Gasteiger partial charge < -0.3 is 9.88 Å². The van der Waals surface area contributed by atoms with Gasteiger partial charge in [-0.15, -0.1) is 11.3 Å². The highest BCUT2D eigenvalue weighted by atomic mass is 32.1. The summed E-state index contributed by atoms with van der Waals surface area (Å²) in [7, 11) is 0. The number of thiazole rings is 1. The molecule has 0 aliphatic carbocycles. The van der Waals surface area contributed by atoms with Crippen LogP contribution in [0.15, 0.2) is 36.1 Å². The first-order chi connectivity index (χ1) is 10.3. The van der Waals surface area contributed by atoms with Crippen LogP contribution in [0.5, 0.6) is 0 Å². The van der Waals surface area contributed by atoms with E-state index in [1.807, 2.05) is 28.5 Å². The molecule has 21 heavy (non-hydrogen) atoms. The number of nitrogens with zero attached hydrogens (tertiary/aromatic N) is 3. The minimum absolute atomic E-state index is 0.0733. The average molecular weight is 298 g/mol. The molecule has 4 rings (SSSR count). The number of amides is 1. The number of imidazole rings is 1. The lowest BCUT2D eigenvalue weighted by Crippen LogP contribution is -2.30. The molecule has 1 fully saturated rings. The summed E-state index contributed by atoms with van der Waals surface area (Å²) in [6, 6.07) is 5.73. The van der Waals surface area contributed by atoms with E-state index in [9.17, 15) is 4.79 Å². The number of H-pyrrole nitrogens is 1. The zero-order valence-corrected chi connectivity index (χ0v) is 12.1. The van der Waals surface area contributed by atoms with Crippen molar-refractivity contribution in [1.82, 2.24) is 19.9 Å². The first-order valence-corrected chi connectivity index (χ1v) is 7.84. The molecule has 1 aliphatic heterocycles. The highest BCUT2D eigenvalue weighted by Crippen LogP contribution is 2.34. The Labute approximate surface area is 125 Å². The molecule has 0 radical (unpaired) electrons. The van der Waals surface area contributed by atoms with Crippen molar-refractivity contribution < 1.29 is 4.79 Å². The standard InChI is InChI=1S/C15H14N4OS/c20-15(10-3-4-11-12(8-10)18-9-17-11)19-6-1-2-13(19)14-16-5-7-21-14/h3-5,7-9,13H,1-2,6H2,(H,17,18). The van der Waals surface area contributed by atoms with E-state index in [4.69, 9.17) is 0 Å².